The summed E-state index contributed by atoms with van der Waals surface area (Å²) in [7, 11) is 0. The van der Waals surface area contributed by atoms with Gasteiger partial charge in [0.25, 0.3) is 0 Å². The Morgan fingerprint density at radius 3 is 2.91 bits per heavy atom. The van der Waals surface area contributed by atoms with Gasteiger partial charge in [-0.1, -0.05) is 29.3 Å². The number of hydrogen-bond donors (Lipinski definition) is 0. The Balaban J connectivity index is 2.10. The molecule has 0 bridgehead atoms. The van der Waals surface area contributed by atoms with Gasteiger partial charge in [-0.25, -0.2) is 4.79 Å². The van der Waals surface area contributed by atoms with Gasteiger partial charge in [-0.15, -0.1) is 0 Å². The molecule has 1 aromatic carbocycles. The van der Waals surface area contributed by atoms with Crippen LogP contribution in [0.4, 0.5) is 0 Å². The van der Waals surface area contributed by atoms with Crippen molar-refractivity contribution in [3.8, 4) is 0 Å². The molecule has 1 atom stereocenters. The van der Waals surface area contributed by atoms with E-state index in [1.54, 1.807) is 47.9 Å². The van der Waals surface area contributed by atoms with Crippen LogP contribution in [0.1, 0.15) is 12.5 Å². The van der Waals surface area contributed by atoms with Crippen LogP contribution in [-0.4, -0.2) is 47.5 Å². The topological polar surface area (TPSA) is 46.6 Å². The van der Waals surface area contributed by atoms with E-state index in [-0.39, 0.29) is 11.9 Å². The fraction of sp³-hybridized carbons (Fsp3) is 0.375. The second-order valence-electron chi connectivity index (χ2n) is 4.87. The fourth-order valence-electron chi connectivity index (χ4n) is 2.19. The van der Waals surface area contributed by atoms with Gasteiger partial charge in [0.15, 0.2) is 0 Å². The molecule has 0 N–H and O–H groups in total. The van der Waals surface area contributed by atoms with Gasteiger partial charge in [0.1, 0.15) is 6.04 Å². The summed E-state index contributed by atoms with van der Waals surface area (Å²) in [5, 5.41) is 1.01. The first-order valence-electron chi connectivity index (χ1n) is 7.21. The minimum absolute atomic E-state index is 0.227. The second-order valence-corrected chi connectivity index (χ2v) is 6.87. The first-order chi connectivity index (χ1) is 11.0. The number of halogens is 2. The normalized spacial score (nSPS) is 18.2. The number of thioether (sulfide) groups is 1. The Labute approximate surface area is 149 Å². The number of rotatable bonds is 4. The summed E-state index contributed by atoms with van der Waals surface area (Å²) in [4.78, 5) is 26.0. The first-order valence-corrected chi connectivity index (χ1v) is 9.12. The van der Waals surface area contributed by atoms with E-state index in [2.05, 4.69) is 0 Å². The molecule has 1 saturated heterocycles. The van der Waals surface area contributed by atoms with Crippen molar-refractivity contribution in [3.63, 3.8) is 0 Å². The van der Waals surface area contributed by atoms with Gasteiger partial charge < -0.3 is 9.64 Å². The van der Waals surface area contributed by atoms with E-state index in [1.807, 2.05) is 0 Å². The molecule has 23 heavy (non-hydrogen) atoms. The second kappa shape index (κ2) is 8.62. The highest BCUT2D eigenvalue weighted by atomic mass is 35.5. The minimum atomic E-state index is -0.536. The van der Waals surface area contributed by atoms with Gasteiger partial charge in [-0.3, -0.25) is 4.79 Å². The van der Waals surface area contributed by atoms with Crippen molar-refractivity contribution < 1.29 is 14.3 Å². The van der Waals surface area contributed by atoms with Gasteiger partial charge in [-0.2, -0.15) is 11.8 Å². The summed E-state index contributed by atoms with van der Waals surface area (Å²) in [6, 6.07) is 4.53. The van der Waals surface area contributed by atoms with Crippen LogP contribution in [0.5, 0.6) is 0 Å². The van der Waals surface area contributed by atoms with Crippen LogP contribution in [0.25, 0.3) is 6.08 Å². The van der Waals surface area contributed by atoms with Crippen molar-refractivity contribution in [1.82, 2.24) is 4.90 Å². The highest BCUT2D eigenvalue weighted by molar-refractivity contribution is 7.99. The number of esters is 1. The Bertz CT molecular complexity index is 621. The van der Waals surface area contributed by atoms with E-state index in [4.69, 9.17) is 27.9 Å². The quantitative estimate of drug-likeness (QED) is 0.598. The minimum Gasteiger partial charge on any atom is -0.464 e. The first kappa shape index (κ1) is 18.2. The van der Waals surface area contributed by atoms with Crippen LogP contribution in [-0.2, 0) is 14.3 Å². The van der Waals surface area contributed by atoms with Crippen LogP contribution in [0.15, 0.2) is 24.3 Å². The standard InChI is InChI=1S/C16H17Cl2NO3S/c1-2-22-16(21)14-10-23-8-7-19(14)15(20)6-4-11-3-5-12(17)9-13(11)18/h3-6,9,14H,2,7-8,10H2,1H3/b6-4+. The zero-order valence-corrected chi connectivity index (χ0v) is 15.0. The van der Waals surface area contributed by atoms with Crippen molar-refractivity contribution in [2.45, 2.75) is 13.0 Å². The summed E-state index contributed by atoms with van der Waals surface area (Å²) in [5.41, 5.74) is 0.698. The van der Waals surface area contributed by atoms with Gasteiger partial charge >= 0.3 is 5.97 Å². The Morgan fingerprint density at radius 2 is 2.22 bits per heavy atom. The third kappa shape index (κ3) is 4.90. The number of nitrogens with zero attached hydrogens (tertiary/aromatic N) is 1. The van der Waals surface area contributed by atoms with Gasteiger partial charge in [-0.05, 0) is 30.7 Å². The summed E-state index contributed by atoms with van der Waals surface area (Å²) in [6.45, 7) is 2.58. The molecular formula is C16H17Cl2NO3S. The number of benzene rings is 1. The maximum absolute atomic E-state index is 12.4. The maximum Gasteiger partial charge on any atom is 0.329 e. The lowest BCUT2D eigenvalue weighted by Gasteiger charge is -2.32. The van der Waals surface area contributed by atoms with E-state index in [9.17, 15) is 9.59 Å². The summed E-state index contributed by atoms with van der Waals surface area (Å²) in [5.74, 6) is 0.775. The molecule has 0 saturated carbocycles. The zero-order valence-electron chi connectivity index (χ0n) is 12.6. The van der Waals surface area contributed by atoms with E-state index in [1.165, 1.54) is 6.08 Å². The Morgan fingerprint density at radius 1 is 1.43 bits per heavy atom. The highest BCUT2D eigenvalue weighted by Gasteiger charge is 2.32. The number of hydrogen-bond acceptors (Lipinski definition) is 4. The average Bonchev–Trinajstić information content (AvgIpc) is 2.54. The molecule has 1 aromatic rings. The molecule has 0 aromatic heterocycles. The van der Waals surface area contributed by atoms with E-state index < -0.39 is 6.04 Å². The summed E-state index contributed by atoms with van der Waals surface area (Å²) in [6.07, 6.45) is 3.06. The molecule has 1 amide bonds. The maximum atomic E-state index is 12.4. The van der Waals surface area contributed by atoms with Crippen LogP contribution in [0.2, 0.25) is 10.0 Å². The van der Waals surface area contributed by atoms with Crippen molar-refractivity contribution >= 4 is 52.9 Å². The number of carbonyl (C=O) groups is 2. The lowest BCUT2D eigenvalue weighted by molar-refractivity contribution is -0.152. The molecule has 1 aliphatic heterocycles. The SMILES string of the molecule is CCOC(=O)C1CSCCN1C(=O)/C=C/c1ccc(Cl)cc1Cl. The monoisotopic (exact) mass is 373 g/mol. The summed E-state index contributed by atoms with van der Waals surface area (Å²) >= 11 is 13.6. The van der Waals surface area contributed by atoms with Crippen molar-refractivity contribution in [2.75, 3.05) is 24.7 Å². The molecule has 124 valence electrons. The molecule has 1 heterocycles. The van der Waals surface area contributed by atoms with Gasteiger partial charge in [0, 0.05) is 34.2 Å². The molecule has 1 unspecified atom stereocenters. The van der Waals surface area contributed by atoms with E-state index >= 15 is 0 Å². The number of ether oxygens (including phenoxy) is 1. The number of amides is 1. The molecular weight excluding hydrogens is 357 g/mol. The molecule has 0 spiro atoms. The van der Waals surface area contributed by atoms with Crippen molar-refractivity contribution in [2.24, 2.45) is 0 Å². The highest BCUT2D eigenvalue weighted by Crippen LogP contribution is 2.23. The molecule has 2 rings (SSSR count). The van der Waals surface area contributed by atoms with Crippen molar-refractivity contribution in [3.05, 3.63) is 39.9 Å². The molecule has 0 aliphatic carbocycles. The molecule has 7 heteroatoms. The average molecular weight is 374 g/mol. The van der Waals surface area contributed by atoms with Crippen LogP contribution in [0, 0.1) is 0 Å². The third-order valence-corrected chi connectivity index (χ3v) is 4.92. The van der Waals surface area contributed by atoms with Crippen LogP contribution >= 0.6 is 35.0 Å². The predicted octanol–water partition coefficient (Wildman–Crippen LogP) is 3.51. The Kier molecular flexibility index (Phi) is 6.81. The number of carbonyl (C=O) groups excluding carboxylic acids is 2. The molecule has 0 radical (unpaired) electrons. The lowest BCUT2D eigenvalue weighted by atomic mass is 10.2. The van der Waals surface area contributed by atoms with Crippen LogP contribution in [0.3, 0.4) is 0 Å². The smallest absolute Gasteiger partial charge is 0.329 e. The predicted molar refractivity (Wildman–Crippen MR) is 95.0 cm³/mol. The molecule has 4 nitrogen and oxygen atoms in total. The lowest BCUT2D eigenvalue weighted by Crippen LogP contribution is -2.50. The van der Waals surface area contributed by atoms with E-state index in [0.29, 0.717) is 34.5 Å². The van der Waals surface area contributed by atoms with Crippen molar-refractivity contribution in [1.29, 1.82) is 0 Å². The largest absolute Gasteiger partial charge is 0.464 e. The van der Waals surface area contributed by atoms with Gasteiger partial charge in [0.05, 0.1) is 6.61 Å². The molecule has 1 aliphatic rings. The third-order valence-electron chi connectivity index (χ3n) is 3.34. The Hall–Kier alpha value is -1.17. The fourth-order valence-corrected chi connectivity index (χ4v) is 3.70. The summed E-state index contributed by atoms with van der Waals surface area (Å²) < 4.78 is 5.05. The van der Waals surface area contributed by atoms with Gasteiger partial charge in [0.2, 0.25) is 5.91 Å². The molecule has 1 fully saturated rings. The van der Waals surface area contributed by atoms with Crippen LogP contribution < -0.4 is 0 Å². The zero-order chi connectivity index (χ0) is 16.8. The van der Waals surface area contributed by atoms with E-state index in [0.717, 1.165) is 5.75 Å².